The van der Waals surface area contributed by atoms with Crippen LogP contribution in [0.3, 0.4) is 0 Å². The highest BCUT2D eigenvalue weighted by atomic mass is 19.1. The van der Waals surface area contributed by atoms with Crippen LogP contribution in [0.25, 0.3) is 0 Å². The van der Waals surface area contributed by atoms with Crippen molar-refractivity contribution >= 4 is 17.6 Å². The predicted molar refractivity (Wildman–Crippen MR) is 89.1 cm³/mol. The zero-order chi connectivity index (χ0) is 18.2. The molecular weight excluding hydrogens is 329 g/mol. The van der Waals surface area contributed by atoms with Crippen molar-refractivity contribution in [2.24, 2.45) is 0 Å². The average molecular weight is 347 g/mol. The number of hydrogen-bond donors (Lipinski definition) is 1. The molecule has 2 aromatic carbocycles. The van der Waals surface area contributed by atoms with E-state index in [0.29, 0.717) is 17.2 Å². The topological polar surface area (TPSA) is 73.9 Å². The normalized spacial score (nSPS) is 11.3. The number of benzene rings is 2. The van der Waals surface area contributed by atoms with Gasteiger partial charge in [-0.05, 0) is 43.3 Å². The van der Waals surface area contributed by atoms with Crippen molar-refractivity contribution < 1.29 is 28.2 Å². The van der Waals surface area contributed by atoms with Gasteiger partial charge in [0.15, 0.2) is 24.2 Å². The van der Waals surface area contributed by atoms with E-state index in [9.17, 15) is 14.0 Å². The van der Waals surface area contributed by atoms with Gasteiger partial charge in [0.25, 0.3) is 5.91 Å². The molecular formula is C18H18FNO5. The summed E-state index contributed by atoms with van der Waals surface area (Å²) in [6.07, 6.45) is -1.03. The van der Waals surface area contributed by atoms with Crippen LogP contribution in [0.15, 0.2) is 48.5 Å². The monoisotopic (exact) mass is 347 g/mol. The molecule has 0 aromatic heterocycles. The minimum Gasteiger partial charge on any atom is -0.493 e. The third-order valence-corrected chi connectivity index (χ3v) is 3.20. The molecule has 0 unspecified atom stereocenters. The minimum absolute atomic E-state index is 0.367. The standard InChI is InChI=1S/C18H18FNO5/c1-12(18(22)20-14-9-7-13(19)8-10-14)25-17(21)11-24-16-6-4-3-5-15(16)23-2/h3-10,12H,11H2,1-2H3,(H,20,22)/t12-/m0/s1. The van der Waals surface area contributed by atoms with Crippen molar-refractivity contribution in [3.8, 4) is 11.5 Å². The Kier molecular flexibility index (Phi) is 6.33. The summed E-state index contributed by atoms with van der Waals surface area (Å²) in [5, 5.41) is 2.52. The van der Waals surface area contributed by atoms with Crippen molar-refractivity contribution in [1.82, 2.24) is 0 Å². The molecule has 0 aliphatic rings. The summed E-state index contributed by atoms with van der Waals surface area (Å²) in [5.41, 5.74) is 0.402. The van der Waals surface area contributed by atoms with Crippen LogP contribution in [0, 0.1) is 5.82 Å². The van der Waals surface area contributed by atoms with Crippen molar-refractivity contribution in [3.05, 3.63) is 54.3 Å². The Morgan fingerprint density at radius 3 is 2.36 bits per heavy atom. The van der Waals surface area contributed by atoms with E-state index in [1.807, 2.05) is 0 Å². The lowest BCUT2D eigenvalue weighted by molar-refractivity contribution is -0.155. The fourth-order valence-corrected chi connectivity index (χ4v) is 1.94. The van der Waals surface area contributed by atoms with Gasteiger partial charge in [0.1, 0.15) is 5.82 Å². The Morgan fingerprint density at radius 1 is 1.08 bits per heavy atom. The molecule has 7 heteroatoms. The first-order valence-corrected chi connectivity index (χ1v) is 7.51. The molecule has 0 saturated carbocycles. The fraction of sp³-hybridized carbons (Fsp3) is 0.222. The highest BCUT2D eigenvalue weighted by Crippen LogP contribution is 2.25. The molecule has 1 N–H and O–H groups in total. The second-order valence-corrected chi connectivity index (χ2v) is 5.07. The molecule has 2 rings (SSSR count). The van der Waals surface area contributed by atoms with Gasteiger partial charge in [-0.3, -0.25) is 4.79 Å². The summed E-state index contributed by atoms with van der Waals surface area (Å²) >= 11 is 0. The molecule has 0 heterocycles. The van der Waals surface area contributed by atoms with Crippen molar-refractivity contribution in [1.29, 1.82) is 0 Å². The van der Waals surface area contributed by atoms with Gasteiger partial charge in [0.05, 0.1) is 7.11 Å². The first-order valence-electron chi connectivity index (χ1n) is 7.51. The molecule has 0 radical (unpaired) electrons. The first-order chi connectivity index (χ1) is 12.0. The van der Waals surface area contributed by atoms with Gasteiger partial charge in [0.2, 0.25) is 0 Å². The number of methoxy groups -OCH3 is 1. The summed E-state index contributed by atoms with van der Waals surface area (Å²) in [4.78, 5) is 23.8. The lowest BCUT2D eigenvalue weighted by atomic mass is 10.3. The first kappa shape index (κ1) is 18.3. The van der Waals surface area contributed by atoms with Crippen LogP contribution in [0.5, 0.6) is 11.5 Å². The number of rotatable bonds is 7. The zero-order valence-corrected chi connectivity index (χ0v) is 13.8. The Balaban J connectivity index is 1.82. The van der Waals surface area contributed by atoms with Crippen LogP contribution in [-0.2, 0) is 14.3 Å². The van der Waals surface area contributed by atoms with Gasteiger partial charge < -0.3 is 19.5 Å². The molecule has 25 heavy (non-hydrogen) atoms. The quantitative estimate of drug-likeness (QED) is 0.780. The summed E-state index contributed by atoms with van der Waals surface area (Å²) < 4.78 is 28.3. The molecule has 0 saturated heterocycles. The van der Waals surface area contributed by atoms with Crippen LogP contribution < -0.4 is 14.8 Å². The van der Waals surface area contributed by atoms with Gasteiger partial charge in [-0.25, -0.2) is 9.18 Å². The van der Waals surface area contributed by atoms with E-state index in [1.54, 1.807) is 24.3 Å². The van der Waals surface area contributed by atoms with Crippen molar-refractivity contribution in [2.75, 3.05) is 19.0 Å². The summed E-state index contributed by atoms with van der Waals surface area (Å²) in [6, 6.07) is 12.1. The number of nitrogens with one attached hydrogen (secondary N) is 1. The molecule has 1 amide bonds. The molecule has 0 aliphatic heterocycles. The van der Waals surface area contributed by atoms with Gasteiger partial charge in [-0.1, -0.05) is 12.1 Å². The Labute approximate surface area is 144 Å². The van der Waals surface area contributed by atoms with Gasteiger partial charge in [0, 0.05) is 5.69 Å². The number of carbonyl (C=O) groups is 2. The maximum absolute atomic E-state index is 12.8. The Bertz CT molecular complexity index is 733. The second-order valence-electron chi connectivity index (χ2n) is 5.07. The molecule has 0 bridgehead atoms. The maximum atomic E-state index is 12.8. The van der Waals surface area contributed by atoms with Crippen molar-refractivity contribution in [2.45, 2.75) is 13.0 Å². The summed E-state index contributed by atoms with van der Waals surface area (Å²) in [6.45, 7) is 1.06. The number of esters is 1. The van der Waals surface area contributed by atoms with E-state index in [1.165, 1.54) is 38.3 Å². The largest absolute Gasteiger partial charge is 0.493 e. The number of hydrogen-bond acceptors (Lipinski definition) is 5. The molecule has 0 aliphatic carbocycles. The van der Waals surface area contributed by atoms with Gasteiger partial charge in [-0.2, -0.15) is 0 Å². The van der Waals surface area contributed by atoms with Crippen LogP contribution in [0.4, 0.5) is 10.1 Å². The Morgan fingerprint density at radius 2 is 1.72 bits per heavy atom. The van der Waals surface area contributed by atoms with E-state index in [4.69, 9.17) is 14.2 Å². The smallest absolute Gasteiger partial charge is 0.344 e. The highest BCUT2D eigenvalue weighted by Gasteiger charge is 2.18. The van der Waals surface area contributed by atoms with E-state index < -0.39 is 23.8 Å². The summed E-state index contributed by atoms with van der Waals surface area (Å²) in [5.74, 6) is -0.765. The third kappa shape index (κ3) is 5.49. The third-order valence-electron chi connectivity index (χ3n) is 3.20. The molecule has 0 fully saturated rings. The predicted octanol–water partition coefficient (Wildman–Crippen LogP) is 2.78. The van der Waals surface area contributed by atoms with Crippen molar-refractivity contribution in [3.63, 3.8) is 0 Å². The number of halogens is 1. The van der Waals surface area contributed by atoms with E-state index in [2.05, 4.69) is 5.32 Å². The van der Waals surface area contributed by atoms with E-state index in [-0.39, 0.29) is 6.61 Å². The fourth-order valence-electron chi connectivity index (χ4n) is 1.94. The molecule has 1 atom stereocenters. The zero-order valence-electron chi connectivity index (χ0n) is 13.8. The summed E-state index contributed by atoms with van der Waals surface area (Å²) in [7, 11) is 1.49. The average Bonchev–Trinajstić information content (AvgIpc) is 2.62. The second kappa shape index (κ2) is 8.68. The van der Waals surface area contributed by atoms with Crippen LogP contribution >= 0.6 is 0 Å². The minimum atomic E-state index is -1.03. The lowest BCUT2D eigenvalue weighted by Gasteiger charge is -2.14. The number of anilines is 1. The van der Waals surface area contributed by atoms with Crippen LogP contribution in [0.1, 0.15) is 6.92 Å². The van der Waals surface area contributed by atoms with E-state index >= 15 is 0 Å². The molecule has 132 valence electrons. The number of para-hydroxylation sites is 2. The molecule has 6 nitrogen and oxygen atoms in total. The van der Waals surface area contributed by atoms with Gasteiger partial charge in [-0.15, -0.1) is 0 Å². The number of ether oxygens (including phenoxy) is 3. The van der Waals surface area contributed by atoms with Gasteiger partial charge >= 0.3 is 5.97 Å². The maximum Gasteiger partial charge on any atom is 0.344 e. The Hall–Kier alpha value is -3.09. The SMILES string of the molecule is COc1ccccc1OCC(=O)O[C@@H](C)C(=O)Nc1ccc(F)cc1. The number of carbonyl (C=O) groups excluding carboxylic acids is 2. The number of amides is 1. The lowest BCUT2D eigenvalue weighted by Crippen LogP contribution is -2.31. The van der Waals surface area contributed by atoms with Crippen LogP contribution in [-0.4, -0.2) is 31.7 Å². The van der Waals surface area contributed by atoms with Crippen LogP contribution in [0.2, 0.25) is 0 Å². The van der Waals surface area contributed by atoms with E-state index in [0.717, 1.165) is 0 Å². The molecule has 2 aromatic rings. The molecule has 0 spiro atoms. The highest BCUT2D eigenvalue weighted by molar-refractivity contribution is 5.95.